The molecule has 0 aliphatic rings. The van der Waals surface area contributed by atoms with Gasteiger partial charge in [-0.1, -0.05) is 25.7 Å². The molecule has 11 N–H and O–H groups in total. The van der Waals surface area contributed by atoms with Gasteiger partial charge in [-0.3, -0.25) is 14.4 Å². The first-order chi connectivity index (χ1) is 16.9. The Morgan fingerprint density at radius 2 is 1.31 bits per heavy atom. The molecular formula is C24H49N7O4. The first kappa shape index (κ1) is 33.2. The van der Waals surface area contributed by atoms with Crippen molar-refractivity contribution in [1.82, 2.24) is 16.2 Å². The molecule has 0 aromatic carbocycles. The molecule has 0 spiro atoms. The highest BCUT2D eigenvalue weighted by Crippen LogP contribution is 2.06. The molecule has 3 atom stereocenters. The summed E-state index contributed by atoms with van der Waals surface area (Å²) in [5.74, 6) is -1.09. The molecule has 204 valence electrons. The van der Waals surface area contributed by atoms with Crippen molar-refractivity contribution in [2.45, 2.75) is 102 Å². The van der Waals surface area contributed by atoms with Crippen LogP contribution in [-0.4, -0.2) is 68.1 Å². The van der Waals surface area contributed by atoms with E-state index in [2.05, 4.69) is 16.2 Å². The van der Waals surface area contributed by atoms with Gasteiger partial charge in [0.25, 0.3) is 0 Å². The van der Waals surface area contributed by atoms with Gasteiger partial charge in [-0.05, 0) is 71.0 Å². The number of hydrogen-bond acceptors (Lipinski definition) is 10. The zero-order valence-corrected chi connectivity index (χ0v) is 21.3. The molecule has 0 fully saturated rings. The molecule has 0 bridgehead atoms. The Kier molecular flexibility index (Phi) is 21.5. The summed E-state index contributed by atoms with van der Waals surface area (Å²) in [5, 5.41) is 2.90. The summed E-state index contributed by atoms with van der Waals surface area (Å²) in [4.78, 5) is 48.0. The second kappa shape index (κ2) is 22.7. The minimum absolute atomic E-state index is 0.157. The van der Waals surface area contributed by atoms with E-state index >= 15 is 0 Å². The smallest absolute Gasteiger partial charge is 0.238 e. The number of unbranched alkanes of at least 4 members (excludes halogenated alkanes) is 5. The van der Waals surface area contributed by atoms with E-state index in [9.17, 15) is 19.2 Å². The minimum Gasteiger partial charge on any atom is -0.355 e. The number of nitrogens with two attached hydrogens (primary N) is 4. The third kappa shape index (κ3) is 17.3. The lowest BCUT2D eigenvalue weighted by Gasteiger charge is -2.21. The highest BCUT2D eigenvalue weighted by molar-refractivity contribution is 6.39. The summed E-state index contributed by atoms with van der Waals surface area (Å²) in [6.07, 6.45) is 9.45. The predicted octanol–water partition coefficient (Wildman–Crippen LogP) is -0.454. The fourth-order valence-electron chi connectivity index (χ4n) is 3.54. The average Bonchev–Trinajstić information content (AvgIpc) is 2.86. The molecule has 0 radical (unpaired) electrons. The number of ketones is 2. The number of hydrogen-bond donors (Lipinski definition) is 7. The molecule has 0 aromatic heterocycles. The Balaban J connectivity index is 4.30. The van der Waals surface area contributed by atoms with E-state index in [4.69, 9.17) is 22.9 Å². The van der Waals surface area contributed by atoms with Crippen LogP contribution in [0.3, 0.4) is 0 Å². The van der Waals surface area contributed by atoms with Crippen LogP contribution in [0.25, 0.3) is 0 Å². The van der Waals surface area contributed by atoms with Crippen molar-refractivity contribution in [3.05, 3.63) is 0 Å². The maximum atomic E-state index is 12.6. The number of amides is 1. The summed E-state index contributed by atoms with van der Waals surface area (Å²) in [7, 11) is 0. The average molecular weight is 500 g/mol. The maximum absolute atomic E-state index is 12.6. The molecule has 0 unspecified atom stereocenters. The summed E-state index contributed by atoms with van der Waals surface area (Å²) < 4.78 is 0. The number of carbonyl (C=O) groups excluding carboxylic acids is 4. The van der Waals surface area contributed by atoms with Crippen LogP contribution in [0.1, 0.15) is 83.5 Å². The van der Waals surface area contributed by atoms with Crippen LogP contribution in [0.2, 0.25) is 0 Å². The van der Waals surface area contributed by atoms with Crippen LogP contribution >= 0.6 is 0 Å². The highest BCUT2D eigenvalue weighted by atomic mass is 16.2. The van der Waals surface area contributed by atoms with Crippen molar-refractivity contribution in [2.24, 2.45) is 22.9 Å². The minimum atomic E-state index is -0.745. The van der Waals surface area contributed by atoms with Crippen LogP contribution in [0, 0.1) is 0 Å². The summed E-state index contributed by atoms with van der Waals surface area (Å²) in [6.45, 7) is 2.14. The van der Waals surface area contributed by atoms with Gasteiger partial charge in [-0.25, -0.2) is 10.9 Å². The fraction of sp³-hybridized carbons (Fsp3) is 0.833. The number of aldehydes is 1. The van der Waals surface area contributed by atoms with Gasteiger partial charge in [0.2, 0.25) is 11.7 Å². The molecule has 11 nitrogen and oxygen atoms in total. The van der Waals surface area contributed by atoms with E-state index in [0.717, 1.165) is 44.8 Å². The Labute approximate surface area is 210 Å². The number of Topliss-reactive ketones (excluding diaryl/α,β-unsaturated/α-hetero) is 2. The lowest BCUT2D eigenvalue weighted by atomic mass is 10.00. The molecule has 0 saturated carbocycles. The van der Waals surface area contributed by atoms with E-state index < -0.39 is 23.7 Å². The Morgan fingerprint density at radius 3 is 1.91 bits per heavy atom. The van der Waals surface area contributed by atoms with Crippen molar-refractivity contribution in [1.29, 1.82) is 0 Å². The molecular weight excluding hydrogens is 450 g/mol. The number of hydrazine groups is 1. The van der Waals surface area contributed by atoms with Crippen molar-refractivity contribution in [3.63, 3.8) is 0 Å². The zero-order valence-electron chi connectivity index (χ0n) is 21.3. The third-order valence-electron chi connectivity index (χ3n) is 5.80. The van der Waals surface area contributed by atoms with Gasteiger partial charge in [0.1, 0.15) is 6.29 Å². The largest absolute Gasteiger partial charge is 0.355 e. The van der Waals surface area contributed by atoms with Crippen LogP contribution in [0.4, 0.5) is 0 Å². The molecule has 0 saturated heterocycles. The monoisotopic (exact) mass is 499 g/mol. The fourth-order valence-corrected chi connectivity index (χ4v) is 3.54. The second-order valence-corrected chi connectivity index (χ2v) is 8.93. The van der Waals surface area contributed by atoms with Gasteiger partial charge < -0.3 is 33.0 Å². The van der Waals surface area contributed by atoms with Crippen LogP contribution in [-0.2, 0) is 19.2 Å². The van der Waals surface area contributed by atoms with Gasteiger partial charge in [0, 0.05) is 13.0 Å². The Bertz CT molecular complexity index is 592. The van der Waals surface area contributed by atoms with Gasteiger partial charge in [-0.15, -0.1) is 0 Å². The van der Waals surface area contributed by atoms with Crippen molar-refractivity contribution >= 4 is 23.8 Å². The lowest BCUT2D eigenvalue weighted by Crippen LogP contribution is -2.53. The third-order valence-corrected chi connectivity index (χ3v) is 5.80. The summed E-state index contributed by atoms with van der Waals surface area (Å²) in [6, 6.07) is -1.62. The highest BCUT2D eigenvalue weighted by Gasteiger charge is 2.21. The van der Waals surface area contributed by atoms with Gasteiger partial charge in [0.15, 0.2) is 5.78 Å². The number of nitrogens with one attached hydrogen (secondary N) is 3. The van der Waals surface area contributed by atoms with Crippen LogP contribution in [0.5, 0.6) is 0 Å². The van der Waals surface area contributed by atoms with Crippen LogP contribution < -0.4 is 39.1 Å². The number of rotatable bonds is 25. The second-order valence-electron chi connectivity index (χ2n) is 8.93. The predicted molar refractivity (Wildman–Crippen MR) is 138 cm³/mol. The first-order valence-electron chi connectivity index (χ1n) is 13.1. The normalized spacial score (nSPS) is 13.7. The molecule has 0 heterocycles. The van der Waals surface area contributed by atoms with Gasteiger partial charge in [-0.2, -0.15) is 0 Å². The van der Waals surface area contributed by atoms with Gasteiger partial charge >= 0.3 is 0 Å². The summed E-state index contributed by atoms with van der Waals surface area (Å²) in [5.41, 5.74) is 28.2. The molecule has 0 rings (SSSR count). The Hall–Kier alpha value is -1.76. The topological polar surface area (TPSA) is 208 Å². The maximum Gasteiger partial charge on any atom is 0.238 e. The van der Waals surface area contributed by atoms with Crippen molar-refractivity contribution in [2.75, 3.05) is 26.2 Å². The van der Waals surface area contributed by atoms with E-state index in [1.54, 1.807) is 0 Å². The first-order valence-corrected chi connectivity index (χ1v) is 13.1. The SMILES string of the molecule is NCCCC[C@@H](C=O)NN[C@@H](CCCCN)C(=O)NCCCCCC(=O)C(=O)[C@@H](N)CCCCN. The molecule has 0 aromatic rings. The molecule has 35 heavy (non-hydrogen) atoms. The van der Waals surface area contributed by atoms with E-state index in [1.807, 2.05) is 0 Å². The Morgan fingerprint density at radius 1 is 0.714 bits per heavy atom. The van der Waals surface area contributed by atoms with Crippen molar-refractivity contribution < 1.29 is 19.2 Å². The van der Waals surface area contributed by atoms with Crippen LogP contribution in [0.15, 0.2) is 0 Å². The van der Waals surface area contributed by atoms with Gasteiger partial charge in [0.05, 0.1) is 18.1 Å². The summed E-state index contributed by atoms with van der Waals surface area (Å²) >= 11 is 0. The van der Waals surface area contributed by atoms with E-state index in [1.165, 1.54) is 0 Å². The standard InChI is InChI=1S/C24H49N7O4/c25-14-6-3-10-19(18-32)30-31-21(12-5-8-16-27)24(35)29-17-9-1-2-13-22(33)23(34)20(28)11-4-7-15-26/h18-21,30-31H,1-17,25-28H2,(H,29,35)/t19-,20-,21-/m0/s1. The molecule has 0 aliphatic heterocycles. The van der Waals surface area contributed by atoms with E-state index in [0.29, 0.717) is 64.7 Å². The number of carbonyl (C=O) groups is 4. The van der Waals surface area contributed by atoms with E-state index in [-0.39, 0.29) is 18.4 Å². The quantitative estimate of drug-likeness (QED) is 0.0372. The molecule has 0 aliphatic carbocycles. The molecule has 11 heteroatoms. The lowest BCUT2D eigenvalue weighted by molar-refractivity contribution is -0.137. The zero-order chi connectivity index (χ0) is 26.3. The molecule has 1 amide bonds. The van der Waals surface area contributed by atoms with Crippen molar-refractivity contribution in [3.8, 4) is 0 Å².